The van der Waals surface area contributed by atoms with E-state index in [4.69, 9.17) is 19.9 Å². The lowest BCUT2D eigenvalue weighted by Gasteiger charge is -2.36. The number of phenols is 1. The van der Waals surface area contributed by atoms with Crippen LogP contribution in [0.15, 0.2) is 54.6 Å². The molecule has 4 rings (SSSR count). The fourth-order valence-electron chi connectivity index (χ4n) is 4.04. The predicted octanol–water partition coefficient (Wildman–Crippen LogP) is 4.61. The van der Waals surface area contributed by atoms with Gasteiger partial charge in [-0.1, -0.05) is 11.3 Å². The fourth-order valence-corrected chi connectivity index (χ4v) is 5.07. The molecule has 204 valence electrons. The third-order valence-corrected chi connectivity index (χ3v) is 7.20. The van der Waals surface area contributed by atoms with Crippen LogP contribution < -0.4 is 9.64 Å². The number of nitrogens with zero attached hydrogens (tertiary/aromatic N) is 3. The van der Waals surface area contributed by atoms with Crippen molar-refractivity contribution in [1.29, 1.82) is 0 Å². The minimum Gasteiger partial charge on any atom is -0.508 e. The molecule has 11 heteroatoms. The number of carbonyl (C=O) groups is 2. The van der Waals surface area contributed by atoms with Crippen LogP contribution in [-0.2, 0) is 9.59 Å². The number of piperidine rings is 1. The summed E-state index contributed by atoms with van der Waals surface area (Å²) in [5.41, 5.74) is 0.944. The molecule has 0 aliphatic carbocycles. The number of ether oxygens (including phenoxy) is 1. The molecule has 1 aromatic heterocycles. The Hall–Kier alpha value is -3.70. The zero-order valence-electron chi connectivity index (χ0n) is 21.1. The van der Waals surface area contributed by atoms with Crippen molar-refractivity contribution in [3.63, 3.8) is 0 Å². The number of fused-ring (bicyclic) bond motifs is 1. The Bertz CT molecular complexity index is 1210. The van der Waals surface area contributed by atoms with Gasteiger partial charge < -0.3 is 29.9 Å². The van der Waals surface area contributed by atoms with E-state index in [-0.39, 0.29) is 11.6 Å². The number of likely N-dealkylation sites (tertiary alicyclic amines) is 1. The number of aromatic hydroxyl groups is 1. The second kappa shape index (κ2) is 14.3. The summed E-state index contributed by atoms with van der Waals surface area (Å²) in [7, 11) is 2.13. The average Bonchev–Trinajstić information content (AvgIpc) is 3.32. The minimum atomic E-state index is -1.26. The minimum absolute atomic E-state index is 0.237. The van der Waals surface area contributed by atoms with E-state index < -0.39 is 11.9 Å². The highest BCUT2D eigenvalue weighted by atomic mass is 32.1. The summed E-state index contributed by atoms with van der Waals surface area (Å²) in [6.07, 6.45) is 5.47. The van der Waals surface area contributed by atoms with Gasteiger partial charge in [-0.2, -0.15) is 0 Å². The molecule has 1 fully saturated rings. The van der Waals surface area contributed by atoms with Gasteiger partial charge in [-0.3, -0.25) is 0 Å². The van der Waals surface area contributed by atoms with Gasteiger partial charge in [-0.05, 0) is 74.7 Å². The largest absolute Gasteiger partial charge is 0.508 e. The number of unbranched alkanes of at least 4 members (excludes halogenated alkanes) is 1. The summed E-state index contributed by atoms with van der Waals surface area (Å²) in [6.45, 7) is 3.95. The van der Waals surface area contributed by atoms with Gasteiger partial charge in [0, 0.05) is 38.3 Å². The maximum Gasteiger partial charge on any atom is 0.328 e. The quantitative estimate of drug-likeness (QED) is 0.247. The van der Waals surface area contributed by atoms with Crippen molar-refractivity contribution in [3.8, 4) is 11.5 Å². The Kier molecular flexibility index (Phi) is 10.9. The molecule has 0 amide bonds. The van der Waals surface area contributed by atoms with Crippen LogP contribution in [0.1, 0.15) is 25.7 Å². The van der Waals surface area contributed by atoms with Crippen molar-refractivity contribution in [2.24, 2.45) is 0 Å². The Morgan fingerprint density at radius 2 is 1.76 bits per heavy atom. The third kappa shape index (κ3) is 9.31. The number of thiazole rings is 1. The molecule has 2 heterocycles. The molecule has 3 N–H and O–H groups in total. The molecule has 1 aliphatic rings. The third-order valence-electron chi connectivity index (χ3n) is 6.09. The van der Waals surface area contributed by atoms with Crippen molar-refractivity contribution in [2.75, 3.05) is 38.2 Å². The summed E-state index contributed by atoms with van der Waals surface area (Å²) < 4.78 is 19.6. The molecule has 0 radical (unpaired) electrons. The van der Waals surface area contributed by atoms with Crippen LogP contribution in [0.25, 0.3) is 10.2 Å². The van der Waals surface area contributed by atoms with Crippen LogP contribution in [0.5, 0.6) is 11.5 Å². The lowest BCUT2D eigenvalue weighted by atomic mass is 10.0. The van der Waals surface area contributed by atoms with Gasteiger partial charge in [0.1, 0.15) is 17.3 Å². The highest BCUT2D eigenvalue weighted by Gasteiger charge is 2.24. The van der Waals surface area contributed by atoms with Crippen LogP contribution in [-0.4, -0.2) is 76.5 Å². The van der Waals surface area contributed by atoms with E-state index in [1.807, 2.05) is 6.07 Å². The molecular formula is C27H32FN3O6S. The number of rotatable bonds is 10. The SMILES string of the molecule is CN(c1nc2ccc(O)cc2s1)C1CCN(CCCCOc2ccc(F)cc2)CC1.O=C(O)/C=C\C(=O)O. The number of aliphatic carboxylic acids is 2. The molecule has 38 heavy (non-hydrogen) atoms. The van der Waals surface area contributed by atoms with Crippen LogP contribution in [0, 0.1) is 5.82 Å². The Morgan fingerprint density at radius 3 is 2.39 bits per heavy atom. The van der Waals surface area contributed by atoms with Gasteiger partial charge in [0.2, 0.25) is 0 Å². The molecule has 0 saturated carbocycles. The summed E-state index contributed by atoms with van der Waals surface area (Å²) in [4.78, 5) is 28.7. The van der Waals surface area contributed by atoms with E-state index in [9.17, 15) is 19.1 Å². The van der Waals surface area contributed by atoms with Crippen LogP contribution in [0.3, 0.4) is 0 Å². The second-order valence-corrected chi connectivity index (χ2v) is 9.86. The second-order valence-electron chi connectivity index (χ2n) is 8.85. The zero-order valence-corrected chi connectivity index (χ0v) is 21.9. The summed E-state index contributed by atoms with van der Waals surface area (Å²) in [5.74, 6) is -1.74. The first-order chi connectivity index (χ1) is 18.2. The maximum absolute atomic E-state index is 12.9. The van der Waals surface area contributed by atoms with E-state index in [0.29, 0.717) is 24.8 Å². The standard InChI is InChI=1S/C23H28FN3O2S.C4H4O4/c1-26(23-25-21-9-6-19(28)16-22(21)30-23)18-10-13-27(14-11-18)12-2-3-15-29-20-7-4-17(24)5-8-20;5-3(6)1-2-4(7)8/h4-9,16,18,28H,2-3,10-15H2,1H3;1-2H,(H,5,6)(H,7,8)/b;2-1-. The highest BCUT2D eigenvalue weighted by Crippen LogP contribution is 2.32. The van der Waals surface area contributed by atoms with Crippen LogP contribution in [0.2, 0.25) is 0 Å². The van der Waals surface area contributed by atoms with Gasteiger partial charge in [0.25, 0.3) is 0 Å². The number of benzene rings is 2. The Balaban J connectivity index is 0.000000436. The molecule has 1 saturated heterocycles. The summed E-state index contributed by atoms with van der Waals surface area (Å²) >= 11 is 1.64. The lowest BCUT2D eigenvalue weighted by Crippen LogP contribution is -2.43. The molecular weight excluding hydrogens is 513 g/mol. The van der Waals surface area contributed by atoms with E-state index in [2.05, 4.69) is 16.8 Å². The molecule has 0 atom stereocenters. The van der Waals surface area contributed by atoms with Gasteiger partial charge in [-0.15, -0.1) is 0 Å². The average molecular weight is 546 g/mol. The number of anilines is 1. The molecule has 3 aromatic rings. The molecule has 9 nitrogen and oxygen atoms in total. The molecule has 2 aromatic carbocycles. The predicted molar refractivity (Wildman–Crippen MR) is 145 cm³/mol. The summed E-state index contributed by atoms with van der Waals surface area (Å²) in [5, 5.41) is 26.3. The topological polar surface area (TPSA) is 123 Å². The van der Waals surface area contributed by atoms with E-state index >= 15 is 0 Å². The van der Waals surface area contributed by atoms with E-state index in [1.165, 1.54) is 12.1 Å². The smallest absolute Gasteiger partial charge is 0.328 e. The number of halogens is 1. The fraction of sp³-hybridized carbons (Fsp3) is 0.370. The monoisotopic (exact) mass is 545 g/mol. The van der Waals surface area contributed by atoms with Gasteiger partial charge in [0.05, 0.1) is 16.8 Å². The molecule has 0 bridgehead atoms. The number of hydrogen-bond donors (Lipinski definition) is 3. The highest BCUT2D eigenvalue weighted by molar-refractivity contribution is 7.22. The van der Waals surface area contributed by atoms with Crippen molar-refractivity contribution >= 4 is 38.6 Å². The van der Waals surface area contributed by atoms with Crippen molar-refractivity contribution in [3.05, 3.63) is 60.4 Å². The van der Waals surface area contributed by atoms with Crippen molar-refractivity contribution in [1.82, 2.24) is 9.88 Å². The zero-order chi connectivity index (χ0) is 27.5. The molecule has 0 spiro atoms. The van der Waals surface area contributed by atoms with Gasteiger partial charge >= 0.3 is 11.9 Å². The van der Waals surface area contributed by atoms with E-state index in [0.717, 1.165) is 66.4 Å². The number of aromatic nitrogens is 1. The molecule has 0 unspecified atom stereocenters. The Labute approximate surface area is 224 Å². The number of hydrogen-bond acceptors (Lipinski definition) is 8. The Morgan fingerprint density at radius 1 is 1.11 bits per heavy atom. The van der Waals surface area contributed by atoms with Gasteiger partial charge in [-0.25, -0.2) is 19.0 Å². The van der Waals surface area contributed by atoms with E-state index in [1.54, 1.807) is 35.6 Å². The molecule has 1 aliphatic heterocycles. The number of phenolic OH excluding ortho intramolecular Hbond substituents is 1. The maximum atomic E-state index is 12.9. The first-order valence-electron chi connectivity index (χ1n) is 12.3. The lowest BCUT2D eigenvalue weighted by molar-refractivity contribution is -0.134. The van der Waals surface area contributed by atoms with Gasteiger partial charge in [0.15, 0.2) is 5.13 Å². The first-order valence-corrected chi connectivity index (χ1v) is 13.1. The summed E-state index contributed by atoms with van der Waals surface area (Å²) in [6, 6.07) is 12.0. The van der Waals surface area contributed by atoms with Crippen molar-refractivity contribution < 1.29 is 34.0 Å². The van der Waals surface area contributed by atoms with Crippen molar-refractivity contribution in [2.45, 2.75) is 31.7 Å². The number of carboxylic acids is 2. The first kappa shape index (κ1) is 28.9. The number of carboxylic acid groups (broad SMARTS) is 2. The van der Waals surface area contributed by atoms with Crippen LogP contribution >= 0.6 is 11.3 Å². The van der Waals surface area contributed by atoms with Crippen LogP contribution in [0.4, 0.5) is 9.52 Å². The normalized spacial score (nSPS) is 14.3.